The first kappa shape index (κ1) is 22.9. The van der Waals surface area contributed by atoms with Gasteiger partial charge in [0, 0.05) is 26.8 Å². The van der Waals surface area contributed by atoms with Crippen molar-refractivity contribution in [2.45, 2.75) is 13.3 Å². The van der Waals surface area contributed by atoms with E-state index in [1.165, 1.54) is 0 Å². The number of benzene rings is 1. The van der Waals surface area contributed by atoms with Crippen molar-refractivity contribution >= 4 is 29.9 Å². The molecule has 7 heteroatoms. The number of nitrogens with one attached hydrogen (secondary N) is 2. The molecule has 0 unspecified atom stereocenters. The fourth-order valence-corrected chi connectivity index (χ4v) is 1.80. The van der Waals surface area contributed by atoms with Crippen molar-refractivity contribution in [3.8, 4) is 5.75 Å². The van der Waals surface area contributed by atoms with Gasteiger partial charge in [0.1, 0.15) is 12.4 Å². The standard InChI is InChI=1S/C17H29N3O3.HI/c1-3-18-17(19-10-7-12-22-15-14-21-2)20-11-13-23-16-8-5-4-6-9-16;/h4-6,8-9H,3,7,10-15H2,1-2H3,(H2,18,19,20);1H. The van der Waals surface area contributed by atoms with Crippen molar-refractivity contribution in [2.75, 3.05) is 53.2 Å². The SMILES string of the molecule is CCNC(=NCCCOCCOC)NCCOc1ccccc1.I. The quantitative estimate of drug-likeness (QED) is 0.221. The molecule has 0 aromatic heterocycles. The van der Waals surface area contributed by atoms with E-state index in [1.807, 2.05) is 37.3 Å². The second-order valence-corrected chi connectivity index (χ2v) is 4.81. The van der Waals surface area contributed by atoms with E-state index in [0.717, 1.165) is 31.2 Å². The van der Waals surface area contributed by atoms with Gasteiger partial charge in [0.2, 0.25) is 0 Å². The maximum Gasteiger partial charge on any atom is 0.191 e. The molecule has 1 aromatic carbocycles. The summed E-state index contributed by atoms with van der Waals surface area (Å²) >= 11 is 0. The number of rotatable bonds is 12. The molecule has 0 amide bonds. The molecule has 0 heterocycles. The number of nitrogens with zero attached hydrogens (tertiary/aromatic N) is 1. The highest BCUT2D eigenvalue weighted by atomic mass is 127. The Kier molecular flexibility index (Phi) is 16.0. The van der Waals surface area contributed by atoms with Gasteiger partial charge in [-0.2, -0.15) is 0 Å². The van der Waals surface area contributed by atoms with Crippen molar-refractivity contribution in [3.63, 3.8) is 0 Å². The molecular formula is C17H30IN3O3. The molecule has 1 rings (SSSR count). The number of guanidine groups is 1. The molecule has 24 heavy (non-hydrogen) atoms. The minimum atomic E-state index is 0. The molecule has 0 radical (unpaired) electrons. The number of para-hydroxylation sites is 1. The third-order valence-electron chi connectivity index (χ3n) is 2.90. The summed E-state index contributed by atoms with van der Waals surface area (Å²) in [5.74, 6) is 1.69. The molecule has 0 spiro atoms. The van der Waals surface area contributed by atoms with Crippen LogP contribution < -0.4 is 15.4 Å². The van der Waals surface area contributed by atoms with E-state index in [9.17, 15) is 0 Å². The van der Waals surface area contributed by atoms with Crippen molar-refractivity contribution in [1.82, 2.24) is 10.6 Å². The first-order valence-electron chi connectivity index (χ1n) is 8.13. The van der Waals surface area contributed by atoms with E-state index in [1.54, 1.807) is 7.11 Å². The Hall–Kier alpha value is -1.06. The van der Waals surface area contributed by atoms with Crippen LogP contribution in [0, 0.1) is 0 Å². The molecule has 0 bridgehead atoms. The normalized spacial score (nSPS) is 10.8. The van der Waals surface area contributed by atoms with Gasteiger partial charge in [-0.15, -0.1) is 24.0 Å². The number of hydrogen-bond donors (Lipinski definition) is 2. The van der Waals surface area contributed by atoms with Crippen LogP contribution in [-0.4, -0.2) is 59.1 Å². The molecule has 0 aliphatic rings. The zero-order valence-corrected chi connectivity index (χ0v) is 17.0. The molecule has 1 aromatic rings. The highest BCUT2D eigenvalue weighted by Gasteiger charge is 1.97. The van der Waals surface area contributed by atoms with Crippen molar-refractivity contribution in [1.29, 1.82) is 0 Å². The van der Waals surface area contributed by atoms with Crippen LogP contribution in [-0.2, 0) is 9.47 Å². The van der Waals surface area contributed by atoms with Gasteiger partial charge in [-0.3, -0.25) is 4.99 Å². The van der Waals surface area contributed by atoms with E-state index >= 15 is 0 Å². The largest absolute Gasteiger partial charge is 0.492 e. The minimum Gasteiger partial charge on any atom is -0.492 e. The van der Waals surface area contributed by atoms with Crippen LogP contribution >= 0.6 is 24.0 Å². The van der Waals surface area contributed by atoms with E-state index in [4.69, 9.17) is 14.2 Å². The van der Waals surface area contributed by atoms with E-state index in [2.05, 4.69) is 15.6 Å². The summed E-state index contributed by atoms with van der Waals surface area (Å²) in [6, 6.07) is 9.79. The van der Waals surface area contributed by atoms with Crippen LogP contribution in [0.5, 0.6) is 5.75 Å². The molecule has 0 atom stereocenters. The number of halogens is 1. The Morgan fingerprint density at radius 2 is 1.83 bits per heavy atom. The van der Waals surface area contributed by atoms with Crippen LogP contribution in [0.15, 0.2) is 35.3 Å². The van der Waals surface area contributed by atoms with E-state index < -0.39 is 0 Å². The van der Waals surface area contributed by atoms with Crippen molar-refractivity contribution in [2.24, 2.45) is 4.99 Å². The lowest BCUT2D eigenvalue weighted by Gasteiger charge is -2.12. The predicted octanol–water partition coefficient (Wildman–Crippen LogP) is 2.29. The number of hydrogen-bond acceptors (Lipinski definition) is 4. The lowest BCUT2D eigenvalue weighted by molar-refractivity contribution is 0.0702. The van der Waals surface area contributed by atoms with E-state index in [-0.39, 0.29) is 24.0 Å². The summed E-state index contributed by atoms with van der Waals surface area (Å²) in [4.78, 5) is 4.50. The molecular weight excluding hydrogens is 421 g/mol. The maximum absolute atomic E-state index is 5.64. The van der Waals surface area contributed by atoms with Gasteiger partial charge in [-0.25, -0.2) is 0 Å². The molecule has 2 N–H and O–H groups in total. The molecule has 0 aliphatic carbocycles. The van der Waals surface area contributed by atoms with Crippen LogP contribution in [0.4, 0.5) is 0 Å². The second kappa shape index (κ2) is 16.8. The molecule has 0 fully saturated rings. The molecule has 6 nitrogen and oxygen atoms in total. The third-order valence-corrected chi connectivity index (χ3v) is 2.90. The number of aliphatic imine (C=N–C) groups is 1. The van der Waals surface area contributed by atoms with Crippen molar-refractivity contribution in [3.05, 3.63) is 30.3 Å². The topological polar surface area (TPSA) is 64.1 Å². The summed E-state index contributed by atoms with van der Waals surface area (Å²) in [5, 5.41) is 6.47. The smallest absolute Gasteiger partial charge is 0.191 e. The van der Waals surface area contributed by atoms with Gasteiger partial charge >= 0.3 is 0 Å². The molecule has 0 saturated heterocycles. The average molecular weight is 451 g/mol. The van der Waals surface area contributed by atoms with Crippen LogP contribution in [0.1, 0.15) is 13.3 Å². The Bertz CT molecular complexity index is 419. The predicted molar refractivity (Wildman–Crippen MR) is 109 cm³/mol. The van der Waals surface area contributed by atoms with Gasteiger partial charge in [-0.05, 0) is 25.5 Å². The van der Waals surface area contributed by atoms with Crippen LogP contribution in [0.25, 0.3) is 0 Å². The summed E-state index contributed by atoms with van der Waals surface area (Å²) in [6.07, 6.45) is 0.890. The average Bonchev–Trinajstić information content (AvgIpc) is 2.58. The Morgan fingerprint density at radius 3 is 2.54 bits per heavy atom. The Morgan fingerprint density at radius 1 is 1.04 bits per heavy atom. The van der Waals surface area contributed by atoms with Gasteiger partial charge in [0.05, 0.1) is 19.8 Å². The lowest BCUT2D eigenvalue weighted by Crippen LogP contribution is -2.39. The fourth-order valence-electron chi connectivity index (χ4n) is 1.80. The second-order valence-electron chi connectivity index (χ2n) is 4.81. The van der Waals surface area contributed by atoms with Gasteiger partial charge in [0.15, 0.2) is 5.96 Å². The maximum atomic E-state index is 5.64. The zero-order valence-electron chi connectivity index (χ0n) is 14.6. The molecule has 138 valence electrons. The summed E-state index contributed by atoms with van der Waals surface area (Å²) in [5.41, 5.74) is 0. The molecule has 0 aliphatic heterocycles. The zero-order chi connectivity index (χ0) is 16.6. The summed E-state index contributed by atoms with van der Waals surface area (Å²) in [7, 11) is 1.67. The third kappa shape index (κ3) is 12.4. The summed E-state index contributed by atoms with van der Waals surface area (Å²) in [6.45, 7) is 6.86. The van der Waals surface area contributed by atoms with Crippen molar-refractivity contribution < 1.29 is 14.2 Å². The van der Waals surface area contributed by atoms with Gasteiger partial charge < -0.3 is 24.8 Å². The highest BCUT2D eigenvalue weighted by molar-refractivity contribution is 14.0. The Labute approximate surface area is 162 Å². The first-order valence-corrected chi connectivity index (χ1v) is 8.13. The lowest BCUT2D eigenvalue weighted by atomic mass is 10.3. The molecule has 0 saturated carbocycles. The monoisotopic (exact) mass is 451 g/mol. The summed E-state index contributed by atoms with van der Waals surface area (Å²) < 4.78 is 16.0. The Balaban J connectivity index is 0.00000529. The fraction of sp³-hybridized carbons (Fsp3) is 0.588. The van der Waals surface area contributed by atoms with Crippen LogP contribution in [0.2, 0.25) is 0 Å². The highest BCUT2D eigenvalue weighted by Crippen LogP contribution is 2.07. The number of ether oxygens (including phenoxy) is 3. The minimum absolute atomic E-state index is 0. The van der Waals surface area contributed by atoms with Gasteiger partial charge in [-0.1, -0.05) is 18.2 Å². The first-order chi connectivity index (χ1) is 11.4. The van der Waals surface area contributed by atoms with E-state index in [0.29, 0.717) is 33.0 Å². The van der Waals surface area contributed by atoms with Gasteiger partial charge in [0.25, 0.3) is 0 Å². The number of methoxy groups -OCH3 is 1. The van der Waals surface area contributed by atoms with Crippen LogP contribution in [0.3, 0.4) is 0 Å².